The van der Waals surface area contributed by atoms with Gasteiger partial charge in [0.15, 0.2) is 0 Å². The third-order valence-corrected chi connectivity index (χ3v) is 4.14. The molecule has 0 heterocycles. The second kappa shape index (κ2) is 5.18. The van der Waals surface area contributed by atoms with Crippen LogP contribution in [-0.4, -0.2) is 15.0 Å². The molecule has 0 unspecified atom stereocenters. The van der Waals surface area contributed by atoms with Crippen LogP contribution in [-0.2, 0) is 0 Å². The summed E-state index contributed by atoms with van der Waals surface area (Å²) >= 11 is 0.675. The summed E-state index contributed by atoms with van der Waals surface area (Å²) < 4.78 is 1.50. The maximum absolute atomic E-state index is 3.73. The zero-order valence-corrected chi connectivity index (χ0v) is 9.13. The van der Waals surface area contributed by atoms with Crippen molar-refractivity contribution in [3.63, 3.8) is 0 Å². The number of rotatable bonds is 4. The van der Waals surface area contributed by atoms with Gasteiger partial charge in [-0.3, -0.25) is 0 Å². The first-order valence-corrected chi connectivity index (χ1v) is 6.29. The Balaban J connectivity index is 2.58. The predicted molar refractivity (Wildman–Crippen MR) is 57.0 cm³/mol. The van der Waals surface area contributed by atoms with Crippen molar-refractivity contribution < 1.29 is 0 Å². The summed E-state index contributed by atoms with van der Waals surface area (Å²) in [7, 11) is 0. The van der Waals surface area contributed by atoms with E-state index in [1.807, 2.05) is 6.08 Å². The molecule has 1 aromatic rings. The molecular weight excluding hydrogens is 211 g/mol. The molecule has 12 heavy (non-hydrogen) atoms. The van der Waals surface area contributed by atoms with E-state index in [0.717, 1.165) is 0 Å². The molecule has 0 bridgehead atoms. The first-order valence-electron chi connectivity index (χ1n) is 4.22. The Morgan fingerprint density at radius 1 is 1.33 bits per heavy atom. The molecule has 0 aliphatic carbocycles. The van der Waals surface area contributed by atoms with Crippen LogP contribution < -0.4 is 4.46 Å². The van der Waals surface area contributed by atoms with E-state index in [1.54, 1.807) is 0 Å². The van der Waals surface area contributed by atoms with Gasteiger partial charge in [0.25, 0.3) is 0 Å². The molecule has 0 aliphatic rings. The number of hydrogen-bond acceptors (Lipinski definition) is 0. The van der Waals surface area contributed by atoms with E-state index < -0.39 is 0 Å². The van der Waals surface area contributed by atoms with Gasteiger partial charge < -0.3 is 0 Å². The zero-order valence-electron chi connectivity index (χ0n) is 7.42. The fraction of sp³-hybridized carbons (Fsp3) is 0.273. The fourth-order valence-electron chi connectivity index (χ4n) is 0.920. The van der Waals surface area contributed by atoms with Crippen LogP contribution in [0.15, 0.2) is 30.8 Å². The molecule has 0 radical (unpaired) electrons. The Hall–Kier alpha value is -0.521. The second-order valence-corrected chi connectivity index (χ2v) is 5.07. The van der Waals surface area contributed by atoms with Crippen LogP contribution >= 0.6 is 0 Å². The summed E-state index contributed by atoms with van der Waals surface area (Å²) in [6.07, 6.45) is 3.18. The first-order chi connectivity index (χ1) is 5.86. The van der Waals surface area contributed by atoms with Crippen molar-refractivity contribution in [2.45, 2.75) is 18.7 Å². The molecule has 1 rings (SSSR count). The SMILES string of the molecule is C=Cc1ccc([Se]CCC)cc1. The molecular formula is C11H14Se. The molecule has 0 spiro atoms. The van der Waals surface area contributed by atoms with Crippen molar-refractivity contribution in [3.05, 3.63) is 36.4 Å². The van der Waals surface area contributed by atoms with Crippen molar-refractivity contribution in [2.24, 2.45) is 0 Å². The Morgan fingerprint density at radius 2 is 2.00 bits per heavy atom. The summed E-state index contributed by atoms with van der Waals surface area (Å²) in [6.45, 7) is 5.96. The van der Waals surface area contributed by atoms with E-state index in [2.05, 4.69) is 37.8 Å². The molecule has 64 valence electrons. The Labute approximate surface area is 80.8 Å². The van der Waals surface area contributed by atoms with Gasteiger partial charge in [-0.25, -0.2) is 0 Å². The molecule has 0 nitrogen and oxygen atoms in total. The molecule has 0 aliphatic heterocycles. The minimum atomic E-state index is 0.675. The Morgan fingerprint density at radius 3 is 2.50 bits per heavy atom. The van der Waals surface area contributed by atoms with Crippen molar-refractivity contribution in [1.29, 1.82) is 0 Å². The van der Waals surface area contributed by atoms with Gasteiger partial charge in [-0.2, -0.15) is 0 Å². The molecule has 0 N–H and O–H groups in total. The minimum absolute atomic E-state index is 0.675. The second-order valence-electron chi connectivity index (χ2n) is 2.62. The van der Waals surface area contributed by atoms with Crippen LogP contribution in [0.25, 0.3) is 6.08 Å². The van der Waals surface area contributed by atoms with E-state index in [9.17, 15) is 0 Å². The van der Waals surface area contributed by atoms with Gasteiger partial charge in [0.2, 0.25) is 0 Å². The van der Waals surface area contributed by atoms with E-state index in [1.165, 1.54) is 21.8 Å². The fourth-order valence-corrected chi connectivity index (χ4v) is 2.53. The topological polar surface area (TPSA) is 0 Å². The summed E-state index contributed by atoms with van der Waals surface area (Å²) in [5.74, 6) is 0. The van der Waals surface area contributed by atoms with Gasteiger partial charge in [0, 0.05) is 0 Å². The quantitative estimate of drug-likeness (QED) is 0.690. The molecule has 0 saturated heterocycles. The molecule has 0 atom stereocenters. The Kier molecular flexibility index (Phi) is 4.13. The Bertz CT molecular complexity index is 236. The molecule has 0 saturated carbocycles. The average Bonchev–Trinajstić information content (AvgIpc) is 2.15. The first kappa shape index (κ1) is 9.57. The van der Waals surface area contributed by atoms with Crippen molar-refractivity contribution in [1.82, 2.24) is 0 Å². The average molecular weight is 225 g/mol. The summed E-state index contributed by atoms with van der Waals surface area (Å²) in [5, 5.41) is 1.35. The van der Waals surface area contributed by atoms with Crippen molar-refractivity contribution in [2.75, 3.05) is 0 Å². The number of benzene rings is 1. The van der Waals surface area contributed by atoms with E-state index in [-0.39, 0.29) is 0 Å². The van der Waals surface area contributed by atoms with Gasteiger partial charge in [0.05, 0.1) is 0 Å². The standard InChI is InChI=1S/C11H14Se/c1-3-9-12-11-7-5-10(4-2)6-8-11/h4-8H,2-3,9H2,1H3. The van der Waals surface area contributed by atoms with Crippen LogP contribution in [0.1, 0.15) is 18.9 Å². The van der Waals surface area contributed by atoms with E-state index in [4.69, 9.17) is 0 Å². The molecule has 1 aromatic carbocycles. The summed E-state index contributed by atoms with van der Waals surface area (Å²) in [4.78, 5) is 0. The van der Waals surface area contributed by atoms with Gasteiger partial charge in [-0.1, -0.05) is 0 Å². The van der Waals surface area contributed by atoms with Gasteiger partial charge in [0.1, 0.15) is 0 Å². The van der Waals surface area contributed by atoms with Gasteiger partial charge in [-0.15, -0.1) is 0 Å². The molecule has 1 heteroatoms. The summed E-state index contributed by atoms with van der Waals surface area (Å²) in [6, 6.07) is 8.71. The molecule has 0 amide bonds. The third-order valence-electron chi connectivity index (χ3n) is 1.59. The van der Waals surface area contributed by atoms with Crippen molar-refractivity contribution >= 4 is 25.5 Å². The molecule has 0 fully saturated rings. The van der Waals surface area contributed by atoms with Crippen molar-refractivity contribution in [3.8, 4) is 0 Å². The normalized spacial score (nSPS) is 9.75. The zero-order chi connectivity index (χ0) is 8.81. The van der Waals surface area contributed by atoms with Gasteiger partial charge >= 0.3 is 80.6 Å². The monoisotopic (exact) mass is 226 g/mol. The van der Waals surface area contributed by atoms with Crippen LogP contribution in [0.3, 0.4) is 0 Å². The van der Waals surface area contributed by atoms with Crippen LogP contribution in [0.5, 0.6) is 0 Å². The number of hydrogen-bond donors (Lipinski definition) is 0. The maximum atomic E-state index is 3.73. The third kappa shape index (κ3) is 2.84. The molecule has 0 aromatic heterocycles. The van der Waals surface area contributed by atoms with E-state index in [0.29, 0.717) is 15.0 Å². The van der Waals surface area contributed by atoms with Crippen LogP contribution in [0, 0.1) is 0 Å². The van der Waals surface area contributed by atoms with Crippen LogP contribution in [0.2, 0.25) is 5.32 Å². The van der Waals surface area contributed by atoms with E-state index >= 15 is 0 Å². The predicted octanol–water partition coefficient (Wildman–Crippen LogP) is 2.49. The summed E-state index contributed by atoms with van der Waals surface area (Å²) in [5.41, 5.74) is 1.21. The van der Waals surface area contributed by atoms with Crippen LogP contribution in [0.4, 0.5) is 0 Å². The van der Waals surface area contributed by atoms with Gasteiger partial charge in [-0.05, 0) is 0 Å².